The van der Waals surface area contributed by atoms with Gasteiger partial charge in [-0.2, -0.15) is 0 Å². The van der Waals surface area contributed by atoms with Gasteiger partial charge in [-0.1, -0.05) is 6.07 Å². The number of aromatic nitrogens is 1. The van der Waals surface area contributed by atoms with E-state index in [9.17, 15) is 17.2 Å². The third kappa shape index (κ3) is 3.54. The van der Waals surface area contributed by atoms with Gasteiger partial charge in [0.1, 0.15) is 17.5 Å². The first-order valence-corrected chi connectivity index (χ1v) is 9.09. The van der Waals surface area contributed by atoms with Crippen LogP contribution in [0.2, 0.25) is 0 Å². The molecule has 0 amide bonds. The average Bonchev–Trinajstić information content (AvgIpc) is 3.07. The fraction of sp³-hybridized carbons (Fsp3) is 0.312. The van der Waals surface area contributed by atoms with Crippen LogP contribution in [0.3, 0.4) is 0 Å². The molecule has 1 aromatic carbocycles. The van der Waals surface area contributed by atoms with Gasteiger partial charge in [0.15, 0.2) is 4.90 Å². The second-order valence-corrected chi connectivity index (χ2v) is 7.30. The van der Waals surface area contributed by atoms with Gasteiger partial charge in [0.25, 0.3) is 0 Å². The lowest BCUT2D eigenvalue weighted by Gasteiger charge is -2.17. The lowest BCUT2D eigenvalue weighted by molar-refractivity contribution is 0.514. The van der Waals surface area contributed by atoms with Crippen LogP contribution in [-0.4, -0.2) is 26.5 Å². The Bertz CT molecular complexity index is 817. The van der Waals surface area contributed by atoms with E-state index in [4.69, 9.17) is 0 Å². The molecular formula is C16H17F2N3O2S. The zero-order chi connectivity index (χ0) is 17.2. The molecule has 5 nitrogen and oxygen atoms in total. The molecule has 128 valence electrons. The number of benzene rings is 1. The molecule has 0 saturated carbocycles. The maximum Gasteiger partial charge on any atom is 0.246 e. The van der Waals surface area contributed by atoms with Crippen LogP contribution in [0.15, 0.2) is 41.4 Å². The van der Waals surface area contributed by atoms with E-state index < -0.39 is 26.6 Å². The van der Waals surface area contributed by atoms with Crippen LogP contribution in [0.4, 0.5) is 14.6 Å². The highest BCUT2D eigenvalue weighted by molar-refractivity contribution is 7.89. The van der Waals surface area contributed by atoms with E-state index in [1.807, 2.05) is 0 Å². The van der Waals surface area contributed by atoms with Gasteiger partial charge in [-0.3, -0.25) is 0 Å². The summed E-state index contributed by atoms with van der Waals surface area (Å²) in [5.41, 5.74) is 0.673. The average molecular weight is 353 g/mol. The largest absolute Gasteiger partial charge is 0.357 e. The maximum absolute atomic E-state index is 13.7. The number of pyridine rings is 1. The van der Waals surface area contributed by atoms with Crippen molar-refractivity contribution in [1.82, 2.24) is 9.71 Å². The number of rotatable bonds is 5. The van der Waals surface area contributed by atoms with Gasteiger partial charge in [0.2, 0.25) is 10.0 Å². The molecular weight excluding hydrogens is 336 g/mol. The van der Waals surface area contributed by atoms with Gasteiger partial charge in [-0.15, -0.1) is 0 Å². The first kappa shape index (κ1) is 16.8. The summed E-state index contributed by atoms with van der Waals surface area (Å²) in [5, 5.41) is 0. The molecule has 8 heteroatoms. The van der Waals surface area contributed by atoms with Gasteiger partial charge >= 0.3 is 0 Å². The summed E-state index contributed by atoms with van der Waals surface area (Å²) < 4.78 is 53.9. The minimum absolute atomic E-state index is 0.0700. The zero-order valence-corrected chi connectivity index (χ0v) is 13.7. The van der Waals surface area contributed by atoms with Crippen molar-refractivity contribution < 1.29 is 17.2 Å². The Hall–Kier alpha value is -2.06. The van der Waals surface area contributed by atoms with E-state index >= 15 is 0 Å². The number of halogens is 2. The lowest BCUT2D eigenvalue weighted by Crippen LogP contribution is -2.25. The van der Waals surface area contributed by atoms with Crippen LogP contribution >= 0.6 is 0 Å². The Morgan fingerprint density at radius 1 is 1.12 bits per heavy atom. The van der Waals surface area contributed by atoms with Crippen molar-refractivity contribution in [3.05, 3.63) is 53.7 Å². The summed E-state index contributed by atoms with van der Waals surface area (Å²) in [6.45, 7) is 1.77. The van der Waals surface area contributed by atoms with Crippen molar-refractivity contribution in [2.45, 2.75) is 24.3 Å². The molecule has 1 saturated heterocycles. The molecule has 0 bridgehead atoms. The highest BCUT2D eigenvalue weighted by atomic mass is 32.2. The quantitative estimate of drug-likeness (QED) is 0.897. The topological polar surface area (TPSA) is 62.3 Å². The highest BCUT2D eigenvalue weighted by Gasteiger charge is 2.23. The smallest absolute Gasteiger partial charge is 0.246 e. The van der Waals surface area contributed by atoms with Crippen molar-refractivity contribution in [1.29, 1.82) is 0 Å². The van der Waals surface area contributed by atoms with Crippen molar-refractivity contribution in [3.8, 4) is 0 Å². The Labute approximate surface area is 139 Å². The van der Waals surface area contributed by atoms with Crippen molar-refractivity contribution in [2.75, 3.05) is 18.0 Å². The predicted molar refractivity (Wildman–Crippen MR) is 86.1 cm³/mol. The molecule has 1 N–H and O–H groups in total. The van der Waals surface area contributed by atoms with E-state index in [-0.39, 0.29) is 6.54 Å². The molecule has 24 heavy (non-hydrogen) atoms. The van der Waals surface area contributed by atoms with Crippen molar-refractivity contribution in [2.24, 2.45) is 0 Å². The predicted octanol–water partition coefficient (Wildman–Crippen LogP) is 2.44. The SMILES string of the molecule is O=S(=O)(NCc1ccnc(N2CCCC2)c1)c1c(F)cccc1F. The first-order valence-electron chi connectivity index (χ1n) is 7.61. The van der Waals surface area contributed by atoms with E-state index in [1.165, 1.54) is 0 Å². The molecule has 3 rings (SSSR count). The molecule has 1 aliphatic heterocycles. The minimum Gasteiger partial charge on any atom is -0.357 e. The van der Waals surface area contributed by atoms with Gasteiger partial charge in [-0.05, 0) is 42.7 Å². The van der Waals surface area contributed by atoms with Gasteiger partial charge in [-0.25, -0.2) is 26.9 Å². The zero-order valence-electron chi connectivity index (χ0n) is 12.9. The molecule has 2 heterocycles. The van der Waals surface area contributed by atoms with Gasteiger partial charge in [0, 0.05) is 25.8 Å². The Morgan fingerprint density at radius 3 is 2.46 bits per heavy atom. The third-order valence-corrected chi connectivity index (χ3v) is 5.35. The van der Waals surface area contributed by atoms with Crippen LogP contribution in [-0.2, 0) is 16.6 Å². The second kappa shape index (κ2) is 6.82. The first-order chi connectivity index (χ1) is 11.5. The molecule has 0 spiro atoms. The molecule has 0 radical (unpaired) electrons. The van der Waals surface area contributed by atoms with Gasteiger partial charge < -0.3 is 4.90 Å². The Kier molecular flexibility index (Phi) is 4.77. The summed E-state index contributed by atoms with van der Waals surface area (Å²) in [4.78, 5) is 5.44. The number of hydrogen-bond acceptors (Lipinski definition) is 4. The van der Waals surface area contributed by atoms with E-state index in [0.29, 0.717) is 5.56 Å². The van der Waals surface area contributed by atoms with Crippen molar-refractivity contribution >= 4 is 15.8 Å². The summed E-state index contributed by atoms with van der Waals surface area (Å²) in [6, 6.07) is 6.39. The van der Waals surface area contributed by atoms with Crippen LogP contribution in [0.5, 0.6) is 0 Å². The molecule has 0 unspecified atom stereocenters. The van der Waals surface area contributed by atoms with E-state index in [1.54, 1.807) is 18.3 Å². The van der Waals surface area contributed by atoms with E-state index in [2.05, 4.69) is 14.6 Å². The summed E-state index contributed by atoms with van der Waals surface area (Å²) in [5.74, 6) is -1.45. The van der Waals surface area contributed by atoms with Crippen LogP contribution in [0.25, 0.3) is 0 Å². The normalized spacial score (nSPS) is 15.0. The number of hydrogen-bond donors (Lipinski definition) is 1. The summed E-state index contributed by atoms with van der Waals surface area (Å²) in [6.07, 6.45) is 3.80. The fourth-order valence-electron chi connectivity index (χ4n) is 2.68. The minimum atomic E-state index is -4.29. The molecule has 1 aliphatic rings. The van der Waals surface area contributed by atoms with Crippen LogP contribution in [0.1, 0.15) is 18.4 Å². The fourth-order valence-corrected chi connectivity index (χ4v) is 3.83. The molecule has 0 aliphatic carbocycles. The molecule has 0 atom stereocenters. The number of sulfonamides is 1. The standard InChI is InChI=1S/C16H17F2N3O2S/c17-13-4-3-5-14(18)16(13)24(22,23)20-11-12-6-7-19-15(10-12)21-8-1-2-9-21/h3-7,10,20H,1-2,8-9,11H2. The summed E-state index contributed by atoms with van der Waals surface area (Å²) >= 11 is 0. The maximum atomic E-state index is 13.7. The third-order valence-electron chi connectivity index (χ3n) is 3.89. The number of anilines is 1. The molecule has 2 aromatic rings. The van der Waals surface area contributed by atoms with Gasteiger partial charge in [0.05, 0.1) is 0 Å². The van der Waals surface area contributed by atoms with Crippen LogP contribution < -0.4 is 9.62 Å². The lowest BCUT2D eigenvalue weighted by atomic mass is 10.2. The monoisotopic (exact) mass is 353 g/mol. The summed E-state index contributed by atoms with van der Waals surface area (Å²) in [7, 11) is -4.29. The van der Waals surface area contributed by atoms with Crippen molar-refractivity contribution in [3.63, 3.8) is 0 Å². The van der Waals surface area contributed by atoms with Crippen LogP contribution in [0, 0.1) is 11.6 Å². The Balaban J connectivity index is 1.76. The molecule has 1 aromatic heterocycles. The number of nitrogens with zero attached hydrogens (tertiary/aromatic N) is 2. The number of nitrogens with one attached hydrogen (secondary N) is 1. The highest BCUT2D eigenvalue weighted by Crippen LogP contribution is 2.20. The molecule has 1 fully saturated rings. The second-order valence-electron chi connectivity index (χ2n) is 5.59. The van der Waals surface area contributed by atoms with E-state index in [0.717, 1.165) is 49.9 Å². The Morgan fingerprint density at radius 2 is 1.79 bits per heavy atom.